The second-order valence-electron chi connectivity index (χ2n) is 6.74. The molecule has 0 amide bonds. The van der Waals surface area contributed by atoms with Crippen molar-refractivity contribution in [2.45, 2.75) is 59.4 Å². The fourth-order valence-electron chi connectivity index (χ4n) is 2.38. The molecule has 1 unspecified atom stereocenters. The molecule has 1 atom stereocenters. The van der Waals surface area contributed by atoms with Crippen LogP contribution in [-0.4, -0.2) is 19.7 Å². The lowest BCUT2D eigenvalue weighted by Crippen LogP contribution is -2.30. The summed E-state index contributed by atoms with van der Waals surface area (Å²) in [6.45, 7) is 10.2. The molecule has 0 bridgehead atoms. The highest BCUT2D eigenvalue weighted by molar-refractivity contribution is 5.27. The summed E-state index contributed by atoms with van der Waals surface area (Å²) in [7, 11) is 1.71. The first-order valence-corrected chi connectivity index (χ1v) is 7.81. The third kappa shape index (κ3) is 6.95. The average molecular weight is 277 g/mol. The Morgan fingerprint density at radius 3 is 2.25 bits per heavy atom. The molecule has 0 aliphatic heterocycles. The molecule has 0 fully saturated rings. The molecule has 20 heavy (non-hydrogen) atoms. The molecule has 2 heteroatoms. The number of benzene rings is 1. The van der Waals surface area contributed by atoms with Gasteiger partial charge in [0.05, 0.1) is 7.11 Å². The second kappa shape index (κ2) is 8.31. The maximum absolute atomic E-state index is 5.20. The van der Waals surface area contributed by atoms with Crippen LogP contribution in [0.1, 0.15) is 52.5 Å². The Balaban J connectivity index is 2.44. The van der Waals surface area contributed by atoms with Crippen LogP contribution in [0.15, 0.2) is 24.3 Å². The van der Waals surface area contributed by atoms with Crippen molar-refractivity contribution in [1.29, 1.82) is 0 Å². The van der Waals surface area contributed by atoms with Crippen LogP contribution >= 0.6 is 0 Å². The molecule has 1 N–H and O–H groups in total. The fourth-order valence-corrected chi connectivity index (χ4v) is 2.38. The summed E-state index contributed by atoms with van der Waals surface area (Å²) in [5.41, 5.74) is 1.82. The average Bonchev–Trinajstić information content (AvgIpc) is 2.41. The molecule has 1 aromatic carbocycles. The van der Waals surface area contributed by atoms with Crippen LogP contribution in [0.25, 0.3) is 0 Å². The number of rotatable bonds is 8. The van der Waals surface area contributed by atoms with Crippen molar-refractivity contribution < 1.29 is 4.74 Å². The number of aryl methyl sites for hydroxylation is 1. The van der Waals surface area contributed by atoms with Gasteiger partial charge in [-0.3, -0.25) is 0 Å². The van der Waals surface area contributed by atoms with Gasteiger partial charge in [-0.05, 0) is 55.3 Å². The van der Waals surface area contributed by atoms with Crippen molar-refractivity contribution in [2.75, 3.05) is 13.7 Å². The minimum Gasteiger partial charge on any atom is -0.497 e. The van der Waals surface area contributed by atoms with Crippen LogP contribution < -0.4 is 10.1 Å². The van der Waals surface area contributed by atoms with E-state index in [2.05, 4.69) is 45.1 Å². The molecular formula is C18H31NO. The largest absolute Gasteiger partial charge is 0.497 e. The second-order valence-corrected chi connectivity index (χ2v) is 6.74. The van der Waals surface area contributed by atoms with Crippen LogP contribution in [0.3, 0.4) is 0 Å². The van der Waals surface area contributed by atoms with Gasteiger partial charge in [-0.25, -0.2) is 0 Å². The quantitative estimate of drug-likeness (QED) is 0.759. The lowest BCUT2D eigenvalue weighted by Gasteiger charge is -2.24. The monoisotopic (exact) mass is 277 g/mol. The van der Waals surface area contributed by atoms with E-state index in [0.717, 1.165) is 18.7 Å². The molecule has 0 aliphatic carbocycles. The van der Waals surface area contributed by atoms with E-state index in [4.69, 9.17) is 4.74 Å². The molecule has 0 saturated heterocycles. The lowest BCUT2D eigenvalue weighted by atomic mass is 9.87. The highest BCUT2D eigenvalue weighted by atomic mass is 16.5. The lowest BCUT2D eigenvalue weighted by molar-refractivity contribution is 0.324. The minimum absolute atomic E-state index is 0.424. The van der Waals surface area contributed by atoms with Gasteiger partial charge < -0.3 is 10.1 Å². The van der Waals surface area contributed by atoms with Crippen molar-refractivity contribution in [2.24, 2.45) is 5.41 Å². The first kappa shape index (κ1) is 17.0. The molecule has 0 radical (unpaired) electrons. The van der Waals surface area contributed by atoms with Crippen molar-refractivity contribution in [3.63, 3.8) is 0 Å². The van der Waals surface area contributed by atoms with Crippen molar-refractivity contribution in [3.05, 3.63) is 29.8 Å². The van der Waals surface area contributed by atoms with Crippen LogP contribution in [0.5, 0.6) is 5.75 Å². The topological polar surface area (TPSA) is 21.3 Å². The van der Waals surface area contributed by atoms with E-state index in [9.17, 15) is 0 Å². The van der Waals surface area contributed by atoms with Gasteiger partial charge in [0.1, 0.15) is 5.75 Å². The van der Waals surface area contributed by atoms with E-state index in [1.54, 1.807) is 7.11 Å². The summed E-state index contributed by atoms with van der Waals surface area (Å²) in [6.07, 6.45) is 4.86. The first-order chi connectivity index (χ1) is 9.44. The van der Waals surface area contributed by atoms with E-state index in [1.165, 1.54) is 24.8 Å². The van der Waals surface area contributed by atoms with Gasteiger partial charge in [-0.15, -0.1) is 0 Å². The SMILES string of the molecule is CCNC(CCc1ccc(OC)cc1)CCC(C)(C)C. The highest BCUT2D eigenvalue weighted by Crippen LogP contribution is 2.23. The van der Waals surface area contributed by atoms with Crippen molar-refractivity contribution in [3.8, 4) is 5.75 Å². The van der Waals surface area contributed by atoms with Gasteiger partial charge in [0.25, 0.3) is 0 Å². The first-order valence-electron chi connectivity index (χ1n) is 7.81. The van der Waals surface area contributed by atoms with Crippen LogP contribution in [-0.2, 0) is 6.42 Å². The predicted molar refractivity (Wildman–Crippen MR) is 87.5 cm³/mol. The zero-order valence-electron chi connectivity index (χ0n) is 13.8. The Morgan fingerprint density at radius 1 is 1.10 bits per heavy atom. The molecule has 0 saturated carbocycles. The smallest absolute Gasteiger partial charge is 0.118 e. The zero-order chi connectivity index (χ0) is 15.0. The Morgan fingerprint density at radius 2 is 1.75 bits per heavy atom. The Bertz CT molecular complexity index is 364. The van der Waals surface area contributed by atoms with Crippen molar-refractivity contribution in [1.82, 2.24) is 5.32 Å². The molecule has 0 aromatic heterocycles. The van der Waals surface area contributed by atoms with Gasteiger partial charge in [0, 0.05) is 6.04 Å². The van der Waals surface area contributed by atoms with Crippen LogP contribution in [0.4, 0.5) is 0 Å². The summed E-state index contributed by atoms with van der Waals surface area (Å²) in [5, 5.41) is 3.62. The van der Waals surface area contributed by atoms with E-state index in [1.807, 2.05) is 12.1 Å². The van der Waals surface area contributed by atoms with Gasteiger partial charge in [0.2, 0.25) is 0 Å². The number of hydrogen-bond donors (Lipinski definition) is 1. The summed E-state index contributed by atoms with van der Waals surface area (Å²) in [4.78, 5) is 0. The van der Waals surface area contributed by atoms with Crippen LogP contribution in [0.2, 0.25) is 0 Å². The van der Waals surface area contributed by atoms with E-state index >= 15 is 0 Å². The summed E-state index contributed by atoms with van der Waals surface area (Å²) < 4.78 is 5.20. The predicted octanol–water partition coefficient (Wildman–Crippen LogP) is 4.43. The maximum Gasteiger partial charge on any atom is 0.118 e. The molecule has 0 spiro atoms. The van der Waals surface area contributed by atoms with Gasteiger partial charge >= 0.3 is 0 Å². The van der Waals surface area contributed by atoms with Gasteiger partial charge in [0.15, 0.2) is 0 Å². The summed E-state index contributed by atoms with van der Waals surface area (Å²) >= 11 is 0. The van der Waals surface area contributed by atoms with E-state index in [-0.39, 0.29) is 0 Å². The third-order valence-electron chi connectivity index (χ3n) is 3.68. The molecule has 1 rings (SSSR count). The molecule has 114 valence electrons. The molecule has 0 aliphatic rings. The number of hydrogen-bond acceptors (Lipinski definition) is 2. The summed E-state index contributed by atoms with van der Waals surface area (Å²) in [6, 6.07) is 9.07. The number of ether oxygens (including phenoxy) is 1. The van der Waals surface area contributed by atoms with E-state index in [0.29, 0.717) is 11.5 Å². The maximum atomic E-state index is 5.20. The normalized spacial score (nSPS) is 13.2. The fraction of sp³-hybridized carbons (Fsp3) is 0.667. The number of nitrogens with one attached hydrogen (secondary N) is 1. The van der Waals surface area contributed by atoms with Gasteiger partial charge in [-0.2, -0.15) is 0 Å². The van der Waals surface area contributed by atoms with Crippen LogP contribution in [0, 0.1) is 5.41 Å². The Hall–Kier alpha value is -1.02. The molecule has 2 nitrogen and oxygen atoms in total. The van der Waals surface area contributed by atoms with Crippen molar-refractivity contribution >= 4 is 0 Å². The standard InChI is InChI=1S/C18H31NO/c1-6-19-16(13-14-18(2,3)4)10-7-15-8-11-17(20-5)12-9-15/h8-9,11-12,16,19H,6-7,10,13-14H2,1-5H3. The molecular weight excluding hydrogens is 246 g/mol. The molecule has 0 heterocycles. The third-order valence-corrected chi connectivity index (χ3v) is 3.68. The zero-order valence-corrected chi connectivity index (χ0v) is 13.8. The molecule has 1 aromatic rings. The summed E-state index contributed by atoms with van der Waals surface area (Å²) in [5.74, 6) is 0.935. The minimum atomic E-state index is 0.424. The number of methoxy groups -OCH3 is 1. The van der Waals surface area contributed by atoms with Gasteiger partial charge in [-0.1, -0.05) is 39.8 Å². The highest BCUT2D eigenvalue weighted by Gasteiger charge is 2.14. The Kier molecular flexibility index (Phi) is 7.08. The Labute approximate surface area is 124 Å². The van der Waals surface area contributed by atoms with E-state index < -0.39 is 0 Å².